The van der Waals surface area contributed by atoms with Gasteiger partial charge < -0.3 is 18.9 Å². The van der Waals surface area contributed by atoms with Crippen molar-refractivity contribution >= 4 is 5.97 Å². The fourth-order valence-corrected chi connectivity index (χ4v) is 1.40. The van der Waals surface area contributed by atoms with E-state index in [0.29, 0.717) is 13.2 Å². The first-order valence-electron chi connectivity index (χ1n) is 4.15. The second-order valence-corrected chi connectivity index (χ2v) is 3.59. The van der Waals surface area contributed by atoms with Gasteiger partial charge in [-0.25, -0.2) is 0 Å². The van der Waals surface area contributed by atoms with E-state index in [1.807, 2.05) is 6.92 Å². The molecule has 0 aromatic heterocycles. The van der Waals surface area contributed by atoms with Crippen LogP contribution in [0.1, 0.15) is 13.8 Å². The summed E-state index contributed by atoms with van der Waals surface area (Å²) in [5.41, 5.74) is -0.375. The third-order valence-electron chi connectivity index (χ3n) is 2.05. The fraction of sp³-hybridized carbons (Fsp3) is 0.875. The van der Waals surface area contributed by atoms with Crippen LogP contribution < -0.4 is 0 Å². The molecule has 2 rings (SSSR count). The molecule has 2 bridgehead atoms. The van der Waals surface area contributed by atoms with Gasteiger partial charge in [0.05, 0.1) is 13.2 Å². The summed E-state index contributed by atoms with van der Waals surface area (Å²) in [6.07, 6.45) is 0. The molecule has 0 spiro atoms. The number of esters is 1. The summed E-state index contributed by atoms with van der Waals surface area (Å²) in [6, 6.07) is 0. The summed E-state index contributed by atoms with van der Waals surface area (Å²) in [5, 5.41) is 0. The highest BCUT2D eigenvalue weighted by molar-refractivity contribution is 5.65. The Kier molecular flexibility index (Phi) is 1.83. The molecule has 0 amide bonds. The van der Waals surface area contributed by atoms with Gasteiger partial charge in [-0.05, 0) is 6.92 Å². The van der Waals surface area contributed by atoms with E-state index in [0.717, 1.165) is 0 Å². The minimum absolute atomic E-state index is 0.00206. The maximum absolute atomic E-state index is 10.6. The molecule has 2 fully saturated rings. The molecule has 0 radical (unpaired) electrons. The summed E-state index contributed by atoms with van der Waals surface area (Å²) < 4.78 is 20.8. The molecule has 0 N–H and O–H groups in total. The third kappa shape index (κ3) is 1.54. The molecule has 0 aliphatic carbocycles. The van der Waals surface area contributed by atoms with E-state index in [4.69, 9.17) is 18.9 Å². The van der Waals surface area contributed by atoms with Crippen LogP contribution in [0.25, 0.3) is 0 Å². The Hall–Kier alpha value is -0.650. The first kappa shape index (κ1) is 8.93. The normalized spacial score (nSPS) is 42.3. The number of ether oxygens (including phenoxy) is 4. The minimum atomic E-state index is -1.14. The molecule has 0 unspecified atom stereocenters. The maximum Gasteiger partial charge on any atom is 0.320 e. The zero-order valence-electron chi connectivity index (χ0n) is 7.66. The smallest absolute Gasteiger partial charge is 0.320 e. The summed E-state index contributed by atoms with van der Waals surface area (Å²) in [4.78, 5) is 10.6. The second-order valence-electron chi connectivity index (χ2n) is 3.59. The average Bonchev–Trinajstić information content (AvgIpc) is 2.55. The molecular formula is C8H12O5. The lowest BCUT2D eigenvalue weighted by Crippen LogP contribution is -2.38. The lowest BCUT2D eigenvalue weighted by molar-refractivity contribution is -0.315. The van der Waals surface area contributed by atoms with Gasteiger partial charge in [0.2, 0.25) is 0 Å². The lowest BCUT2D eigenvalue weighted by atomic mass is 10.1. The number of carbonyl (C=O) groups excluding carboxylic acids is 1. The van der Waals surface area contributed by atoms with E-state index >= 15 is 0 Å². The third-order valence-corrected chi connectivity index (χ3v) is 2.05. The van der Waals surface area contributed by atoms with E-state index in [2.05, 4.69) is 0 Å². The van der Waals surface area contributed by atoms with Gasteiger partial charge in [0.1, 0.15) is 5.60 Å². The lowest BCUT2D eigenvalue weighted by Gasteiger charge is -2.22. The number of hydrogen-bond donors (Lipinski definition) is 0. The molecule has 0 aromatic carbocycles. The second kappa shape index (κ2) is 2.67. The molecule has 74 valence electrons. The van der Waals surface area contributed by atoms with Crippen LogP contribution in [0.2, 0.25) is 0 Å². The average molecular weight is 188 g/mol. The highest BCUT2D eigenvalue weighted by Gasteiger charge is 2.57. The highest BCUT2D eigenvalue weighted by atomic mass is 16.9. The predicted octanol–water partition coefficient (Wildman–Crippen LogP) is 0.0390. The molecular weight excluding hydrogens is 176 g/mol. The summed E-state index contributed by atoms with van der Waals surface area (Å²) in [5.74, 6) is -1.51. The standard InChI is InChI=1S/C8H12O5/c1-6(9)10-5-8-11-3-7(2,13-8)4-12-8/h3-5H2,1-2H3. The first-order chi connectivity index (χ1) is 6.04. The number of fused-ring (bicyclic) bond motifs is 2. The molecule has 2 aliphatic heterocycles. The van der Waals surface area contributed by atoms with Crippen molar-refractivity contribution < 1.29 is 23.7 Å². The topological polar surface area (TPSA) is 54.0 Å². The summed E-state index contributed by atoms with van der Waals surface area (Å²) in [6.45, 7) is 4.19. The largest absolute Gasteiger partial charge is 0.457 e. The Bertz CT molecular complexity index is 229. The van der Waals surface area contributed by atoms with Gasteiger partial charge in [-0.3, -0.25) is 4.79 Å². The van der Waals surface area contributed by atoms with Gasteiger partial charge >= 0.3 is 11.9 Å². The Morgan fingerprint density at radius 1 is 1.46 bits per heavy atom. The molecule has 0 aromatic rings. The zero-order valence-corrected chi connectivity index (χ0v) is 7.66. The molecule has 5 heteroatoms. The van der Waals surface area contributed by atoms with Crippen LogP contribution >= 0.6 is 0 Å². The maximum atomic E-state index is 10.6. The Morgan fingerprint density at radius 3 is 2.46 bits per heavy atom. The van der Waals surface area contributed by atoms with Crippen LogP contribution in [0.4, 0.5) is 0 Å². The van der Waals surface area contributed by atoms with Crippen LogP contribution in [-0.2, 0) is 23.7 Å². The van der Waals surface area contributed by atoms with Crippen molar-refractivity contribution in [2.45, 2.75) is 25.4 Å². The van der Waals surface area contributed by atoms with Crippen molar-refractivity contribution in [1.82, 2.24) is 0 Å². The summed E-state index contributed by atoms with van der Waals surface area (Å²) >= 11 is 0. The Labute approximate surface area is 75.9 Å². The number of hydrogen-bond acceptors (Lipinski definition) is 5. The predicted molar refractivity (Wildman–Crippen MR) is 40.8 cm³/mol. The van der Waals surface area contributed by atoms with Crippen molar-refractivity contribution in [2.75, 3.05) is 19.8 Å². The molecule has 2 saturated heterocycles. The first-order valence-corrected chi connectivity index (χ1v) is 4.15. The van der Waals surface area contributed by atoms with Crippen LogP contribution in [0, 0.1) is 0 Å². The molecule has 2 aliphatic rings. The van der Waals surface area contributed by atoms with E-state index in [9.17, 15) is 4.79 Å². The minimum Gasteiger partial charge on any atom is -0.457 e. The van der Waals surface area contributed by atoms with Gasteiger partial charge in [0, 0.05) is 6.92 Å². The van der Waals surface area contributed by atoms with Gasteiger partial charge in [-0.15, -0.1) is 0 Å². The highest BCUT2D eigenvalue weighted by Crippen LogP contribution is 2.39. The Balaban J connectivity index is 1.96. The quantitative estimate of drug-likeness (QED) is 0.572. The van der Waals surface area contributed by atoms with Crippen LogP contribution in [0.3, 0.4) is 0 Å². The van der Waals surface area contributed by atoms with E-state index in [1.54, 1.807) is 0 Å². The van der Waals surface area contributed by atoms with Crippen molar-refractivity contribution in [3.8, 4) is 0 Å². The fourth-order valence-electron chi connectivity index (χ4n) is 1.40. The van der Waals surface area contributed by atoms with Gasteiger partial charge in [-0.2, -0.15) is 0 Å². The molecule has 13 heavy (non-hydrogen) atoms. The summed E-state index contributed by atoms with van der Waals surface area (Å²) in [7, 11) is 0. The van der Waals surface area contributed by atoms with Crippen molar-refractivity contribution in [2.24, 2.45) is 0 Å². The van der Waals surface area contributed by atoms with E-state index in [1.165, 1.54) is 6.92 Å². The van der Waals surface area contributed by atoms with Gasteiger partial charge in [0.25, 0.3) is 0 Å². The van der Waals surface area contributed by atoms with E-state index in [-0.39, 0.29) is 18.2 Å². The van der Waals surface area contributed by atoms with Crippen molar-refractivity contribution in [3.63, 3.8) is 0 Å². The van der Waals surface area contributed by atoms with Crippen molar-refractivity contribution in [1.29, 1.82) is 0 Å². The Morgan fingerprint density at radius 2 is 2.08 bits per heavy atom. The molecule has 0 atom stereocenters. The zero-order chi connectivity index (χ0) is 9.53. The van der Waals surface area contributed by atoms with Crippen LogP contribution in [-0.4, -0.2) is 37.4 Å². The molecule has 2 heterocycles. The van der Waals surface area contributed by atoms with Gasteiger partial charge in [-0.1, -0.05) is 0 Å². The van der Waals surface area contributed by atoms with Crippen LogP contribution in [0.15, 0.2) is 0 Å². The van der Waals surface area contributed by atoms with Gasteiger partial charge in [0.15, 0.2) is 6.61 Å². The van der Waals surface area contributed by atoms with Crippen LogP contribution in [0.5, 0.6) is 0 Å². The van der Waals surface area contributed by atoms with Crippen molar-refractivity contribution in [3.05, 3.63) is 0 Å². The number of carbonyl (C=O) groups is 1. The number of rotatable bonds is 2. The SMILES string of the molecule is CC(=O)OCC12OCC(C)(CO1)O2. The van der Waals surface area contributed by atoms with E-state index < -0.39 is 5.97 Å². The molecule has 5 nitrogen and oxygen atoms in total. The molecule has 0 saturated carbocycles. The monoisotopic (exact) mass is 188 g/mol.